The molecule has 0 saturated heterocycles. The molecular weight excluding hydrogens is 280 g/mol. The first-order valence-corrected chi connectivity index (χ1v) is 6.85. The molecule has 4 heterocycles. The van der Waals surface area contributed by atoms with Crippen molar-refractivity contribution in [2.45, 2.75) is 0 Å². The van der Waals surface area contributed by atoms with Gasteiger partial charge in [-0.05, 0) is 23.8 Å². The molecule has 22 heavy (non-hydrogen) atoms. The van der Waals surface area contributed by atoms with Crippen LogP contribution in [0.1, 0.15) is 0 Å². The van der Waals surface area contributed by atoms with Crippen LogP contribution in [0.25, 0.3) is 27.7 Å². The Morgan fingerprint density at radius 1 is 1.27 bits per heavy atom. The van der Waals surface area contributed by atoms with E-state index in [0.717, 1.165) is 27.7 Å². The van der Waals surface area contributed by atoms with Crippen molar-refractivity contribution in [3.8, 4) is 17.0 Å². The predicted octanol–water partition coefficient (Wildman–Crippen LogP) is 2.32. The summed E-state index contributed by atoms with van der Waals surface area (Å²) in [5.41, 5.74) is 3.81. The fourth-order valence-electron chi connectivity index (χ4n) is 2.58. The molecule has 0 saturated carbocycles. The van der Waals surface area contributed by atoms with Gasteiger partial charge < -0.3 is 15.0 Å². The molecule has 0 atom stereocenters. The van der Waals surface area contributed by atoms with E-state index in [0.29, 0.717) is 11.8 Å². The van der Waals surface area contributed by atoms with E-state index in [4.69, 9.17) is 4.74 Å². The van der Waals surface area contributed by atoms with E-state index in [2.05, 4.69) is 31.4 Å². The van der Waals surface area contributed by atoms with Gasteiger partial charge in [-0.15, -0.1) is 0 Å². The summed E-state index contributed by atoms with van der Waals surface area (Å²) in [6.45, 7) is 0. The molecule has 0 aromatic carbocycles. The molecule has 2 N–H and O–H groups in total. The molecule has 0 fully saturated rings. The Kier molecular flexibility index (Phi) is 2.72. The summed E-state index contributed by atoms with van der Waals surface area (Å²) in [7, 11) is 3.39. The van der Waals surface area contributed by atoms with Crippen molar-refractivity contribution in [2.24, 2.45) is 0 Å². The standard InChI is InChI=1S/C15H14N6O/c1-16-15-19-13-12(14(20-15)22-2)11(8-17-13)9-4-6-21-10(7-9)3-5-18-21/h3-8H,1-2H3,(H2,16,17,19,20). The Morgan fingerprint density at radius 2 is 2.18 bits per heavy atom. The largest absolute Gasteiger partial charge is 0.480 e. The van der Waals surface area contributed by atoms with Gasteiger partial charge in [0.2, 0.25) is 11.8 Å². The lowest BCUT2D eigenvalue weighted by Crippen LogP contribution is -1.99. The van der Waals surface area contributed by atoms with Crippen LogP contribution in [0.15, 0.2) is 36.8 Å². The second-order valence-electron chi connectivity index (χ2n) is 4.85. The molecule has 110 valence electrons. The van der Waals surface area contributed by atoms with E-state index in [1.807, 2.05) is 29.0 Å². The fourth-order valence-corrected chi connectivity index (χ4v) is 2.58. The lowest BCUT2D eigenvalue weighted by atomic mass is 10.1. The van der Waals surface area contributed by atoms with Crippen molar-refractivity contribution in [3.05, 3.63) is 36.8 Å². The molecule has 4 aromatic rings. The number of methoxy groups -OCH3 is 1. The van der Waals surface area contributed by atoms with Gasteiger partial charge in [-0.1, -0.05) is 0 Å². The van der Waals surface area contributed by atoms with Gasteiger partial charge in [-0.2, -0.15) is 15.1 Å². The zero-order chi connectivity index (χ0) is 15.1. The van der Waals surface area contributed by atoms with Crippen LogP contribution in [-0.2, 0) is 0 Å². The zero-order valence-electron chi connectivity index (χ0n) is 12.2. The number of fused-ring (bicyclic) bond motifs is 2. The summed E-state index contributed by atoms with van der Waals surface area (Å²) >= 11 is 0. The number of anilines is 1. The van der Waals surface area contributed by atoms with Crippen LogP contribution in [0.2, 0.25) is 0 Å². The number of hydrogen-bond donors (Lipinski definition) is 2. The number of rotatable bonds is 3. The third kappa shape index (κ3) is 1.79. The zero-order valence-corrected chi connectivity index (χ0v) is 12.2. The first-order valence-electron chi connectivity index (χ1n) is 6.85. The first-order chi connectivity index (χ1) is 10.8. The molecule has 7 nitrogen and oxygen atoms in total. The Balaban J connectivity index is 1.98. The molecule has 0 spiro atoms. The minimum Gasteiger partial charge on any atom is -0.480 e. The van der Waals surface area contributed by atoms with E-state index >= 15 is 0 Å². The van der Waals surface area contributed by atoms with Crippen molar-refractivity contribution < 1.29 is 4.74 Å². The van der Waals surface area contributed by atoms with E-state index in [1.54, 1.807) is 20.4 Å². The molecular formula is C15H14N6O. The second-order valence-corrected chi connectivity index (χ2v) is 4.85. The molecule has 4 aromatic heterocycles. The van der Waals surface area contributed by atoms with Gasteiger partial charge in [-0.3, -0.25) is 0 Å². The van der Waals surface area contributed by atoms with Gasteiger partial charge in [0.05, 0.1) is 18.0 Å². The van der Waals surface area contributed by atoms with E-state index in [-0.39, 0.29) is 0 Å². The maximum absolute atomic E-state index is 5.43. The van der Waals surface area contributed by atoms with Gasteiger partial charge in [-0.25, -0.2) is 4.52 Å². The minimum absolute atomic E-state index is 0.518. The number of pyridine rings is 1. The van der Waals surface area contributed by atoms with Crippen molar-refractivity contribution in [1.29, 1.82) is 0 Å². The summed E-state index contributed by atoms with van der Waals surface area (Å²) in [4.78, 5) is 12.0. The fraction of sp³-hybridized carbons (Fsp3) is 0.133. The van der Waals surface area contributed by atoms with Crippen LogP contribution in [0.4, 0.5) is 5.95 Å². The third-order valence-corrected chi connectivity index (χ3v) is 3.63. The average molecular weight is 294 g/mol. The van der Waals surface area contributed by atoms with Gasteiger partial charge in [0.1, 0.15) is 5.65 Å². The van der Waals surface area contributed by atoms with Gasteiger partial charge in [0, 0.05) is 31.2 Å². The lowest BCUT2D eigenvalue weighted by molar-refractivity contribution is 0.403. The second kappa shape index (κ2) is 4.73. The Labute approximate surface area is 126 Å². The Bertz CT molecular complexity index is 971. The van der Waals surface area contributed by atoms with E-state index < -0.39 is 0 Å². The summed E-state index contributed by atoms with van der Waals surface area (Å²) in [6.07, 6.45) is 5.62. The number of H-pyrrole nitrogens is 1. The van der Waals surface area contributed by atoms with Gasteiger partial charge >= 0.3 is 0 Å². The van der Waals surface area contributed by atoms with Crippen LogP contribution in [-0.4, -0.2) is 38.7 Å². The van der Waals surface area contributed by atoms with E-state index in [1.165, 1.54) is 0 Å². The van der Waals surface area contributed by atoms with Crippen LogP contribution in [0, 0.1) is 0 Å². The molecule has 4 rings (SSSR count). The highest BCUT2D eigenvalue weighted by atomic mass is 16.5. The van der Waals surface area contributed by atoms with Crippen LogP contribution < -0.4 is 10.1 Å². The maximum atomic E-state index is 5.43. The highest BCUT2D eigenvalue weighted by molar-refractivity contribution is 5.98. The summed E-state index contributed by atoms with van der Waals surface area (Å²) < 4.78 is 7.26. The van der Waals surface area contributed by atoms with E-state index in [9.17, 15) is 0 Å². The monoisotopic (exact) mass is 294 g/mol. The molecule has 0 unspecified atom stereocenters. The maximum Gasteiger partial charge on any atom is 0.228 e. The third-order valence-electron chi connectivity index (χ3n) is 3.63. The number of hydrogen-bond acceptors (Lipinski definition) is 5. The summed E-state index contributed by atoms with van der Waals surface area (Å²) in [5, 5.41) is 8.01. The van der Waals surface area contributed by atoms with Crippen LogP contribution >= 0.6 is 0 Å². The molecule has 0 aliphatic carbocycles. The number of aromatic amines is 1. The first kappa shape index (κ1) is 12.6. The van der Waals surface area contributed by atoms with Crippen molar-refractivity contribution in [1.82, 2.24) is 24.6 Å². The quantitative estimate of drug-likeness (QED) is 0.606. The van der Waals surface area contributed by atoms with Crippen LogP contribution in [0.3, 0.4) is 0 Å². The highest BCUT2D eigenvalue weighted by Crippen LogP contribution is 2.34. The highest BCUT2D eigenvalue weighted by Gasteiger charge is 2.15. The average Bonchev–Trinajstić information content (AvgIpc) is 3.19. The minimum atomic E-state index is 0.518. The summed E-state index contributed by atoms with van der Waals surface area (Å²) in [5.74, 6) is 1.06. The van der Waals surface area contributed by atoms with Crippen molar-refractivity contribution in [3.63, 3.8) is 0 Å². The Hall–Kier alpha value is -3.09. The molecule has 0 amide bonds. The van der Waals surface area contributed by atoms with Crippen molar-refractivity contribution >= 4 is 22.5 Å². The Morgan fingerprint density at radius 3 is 3.00 bits per heavy atom. The van der Waals surface area contributed by atoms with Crippen molar-refractivity contribution in [2.75, 3.05) is 19.5 Å². The smallest absolute Gasteiger partial charge is 0.228 e. The van der Waals surface area contributed by atoms with Gasteiger partial charge in [0.15, 0.2) is 0 Å². The van der Waals surface area contributed by atoms with Crippen LogP contribution in [0.5, 0.6) is 5.88 Å². The topological polar surface area (TPSA) is 80.1 Å². The molecule has 0 aliphatic rings. The number of ether oxygens (including phenoxy) is 1. The number of nitrogens with zero attached hydrogens (tertiary/aromatic N) is 4. The molecule has 7 heteroatoms. The normalized spacial score (nSPS) is 11.2. The summed E-state index contributed by atoms with van der Waals surface area (Å²) in [6, 6.07) is 6.04. The molecule has 0 radical (unpaired) electrons. The predicted molar refractivity (Wildman–Crippen MR) is 84.2 cm³/mol. The lowest BCUT2D eigenvalue weighted by Gasteiger charge is -2.06. The number of nitrogens with one attached hydrogen (secondary N) is 2. The molecule has 0 bridgehead atoms. The van der Waals surface area contributed by atoms with Gasteiger partial charge in [0.25, 0.3) is 0 Å². The molecule has 0 aliphatic heterocycles. The SMILES string of the molecule is CNc1nc(OC)c2c(-c3ccn4nccc4c3)c[nH]c2n1. The number of aromatic nitrogens is 5.